The molecule has 0 bridgehead atoms. The monoisotopic (exact) mass is 731 g/mol. The summed E-state index contributed by atoms with van der Waals surface area (Å²) >= 11 is 0. The number of benzene rings is 9. The molecule has 2 nitrogen and oxygen atoms in total. The van der Waals surface area contributed by atoms with Gasteiger partial charge in [-0.25, -0.2) is 0 Å². The maximum Gasteiger partial charge on any atom is 0.159 e. The van der Waals surface area contributed by atoms with Gasteiger partial charge in [0.25, 0.3) is 0 Å². The van der Waals surface area contributed by atoms with Crippen LogP contribution in [-0.4, -0.2) is 0 Å². The zero-order valence-corrected chi connectivity index (χ0v) is 32.6. The van der Waals surface area contributed by atoms with E-state index in [4.69, 9.17) is 4.42 Å². The van der Waals surface area contributed by atoms with Gasteiger partial charge in [0.1, 0.15) is 5.58 Å². The van der Waals surface area contributed by atoms with E-state index in [0.29, 0.717) is 0 Å². The van der Waals surface area contributed by atoms with Gasteiger partial charge in [-0.2, -0.15) is 0 Å². The van der Waals surface area contributed by atoms with E-state index in [2.05, 4.69) is 202 Å². The molecule has 1 aliphatic rings. The van der Waals surface area contributed by atoms with Crippen molar-refractivity contribution in [3.63, 3.8) is 0 Å². The van der Waals surface area contributed by atoms with Crippen molar-refractivity contribution in [2.75, 3.05) is 4.90 Å². The van der Waals surface area contributed by atoms with Crippen LogP contribution in [0.2, 0.25) is 0 Å². The lowest BCUT2D eigenvalue weighted by Crippen LogP contribution is -2.12. The molecule has 272 valence electrons. The van der Waals surface area contributed by atoms with Crippen LogP contribution < -0.4 is 4.90 Å². The van der Waals surface area contributed by atoms with Crippen molar-refractivity contribution in [1.82, 2.24) is 0 Å². The van der Waals surface area contributed by atoms with Crippen molar-refractivity contribution < 1.29 is 4.42 Å². The minimum absolute atomic E-state index is 0.139. The minimum Gasteiger partial charge on any atom is -0.454 e. The lowest BCUT2D eigenvalue weighted by molar-refractivity contribution is 0.590. The van der Waals surface area contributed by atoms with Gasteiger partial charge in [-0.05, 0) is 150 Å². The third-order valence-electron chi connectivity index (χ3n) is 12.0. The van der Waals surface area contributed by atoms with E-state index in [0.717, 1.165) is 39.0 Å². The van der Waals surface area contributed by atoms with E-state index >= 15 is 0 Å². The van der Waals surface area contributed by atoms with Gasteiger partial charge in [0.05, 0.1) is 5.69 Å². The van der Waals surface area contributed by atoms with E-state index < -0.39 is 0 Å². The summed E-state index contributed by atoms with van der Waals surface area (Å²) in [5, 5.41) is 7.22. The molecular weight excluding hydrogens is 691 g/mol. The highest BCUT2D eigenvalue weighted by atomic mass is 16.3. The molecule has 2 heteroatoms. The second-order valence-corrected chi connectivity index (χ2v) is 16.7. The van der Waals surface area contributed by atoms with Gasteiger partial charge in [-0.15, -0.1) is 0 Å². The number of nitrogens with zero attached hydrogens (tertiary/aromatic N) is 1. The first kappa shape index (κ1) is 33.4. The van der Waals surface area contributed by atoms with Crippen LogP contribution in [0.15, 0.2) is 180 Å². The molecule has 57 heavy (non-hydrogen) atoms. The van der Waals surface area contributed by atoms with Gasteiger partial charge < -0.3 is 9.32 Å². The molecule has 1 aromatic heterocycles. The number of aryl methyl sites for hydroxylation is 1. The molecule has 0 saturated heterocycles. The quantitative estimate of drug-likeness (QED) is 0.175. The average molecular weight is 732 g/mol. The highest BCUT2D eigenvalue weighted by Crippen LogP contribution is 2.51. The Morgan fingerprint density at radius 3 is 1.74 bits per heavy atom. The normalized spacial score (nSPS) is 12.2. The second-order valence-electron chi connectivity index (χ2n) is 16.7. The van der Waals surface area contributed by atoms with Crippen molar-refractivity contribution in [3.05, 3.63) is 187 Å². The average Bonchev–Trinajstić information content (AvgIpc) is 3.62. The number of para-hydroxylation sites is 2. The van der Waals surface area contributed by atoms with Gasteiger partial charge >= 0.3 is 0 Å². The van der Waals surface area contributed by atoms with Gasteiger partial charge in [0.2, 0.25) is 0 Å². The number of hydrogen-bond acceptors (Lipinski definition) is 2. The first-order valence-electron chi connectivity index (χ1n) is 19.9. The van der Waals surface area contributed by atoms with E-state index in [1.165, 1.54) is 77.2 Å². The number of furan rings is 1. The molecule has 0 amide bonds. The van der Waals surface area contributed by atoms with Gasteiger partial charge in [0.15, 0.2) is 5.58 Å². The fourth-order valence-electron chi connectivity index (χ4n) is 8.87. The highest BCUT2D eigenvalue weighted by molar-refractivity contribution is 6.13. The summed E-state index contributed by atoms with van der Waals surface area (Å²) in [6.07, 6.45) is 0. The summed E-state index contributed by atoms with van der Waals surface area (Å²) < 4.78 is 6.68. The van der Waals surface area contributed by atoms with Crippen LogP contribution in [0.4, 0.5) is 17.1 Å². The van der Waals surface area contributed by atoms with Gasteiger partial charge in [-0.1, -0.05) is 136 Å². The lowest BCUT2D eigenvalue weighted by atomic mass is 9.77. The van der Waals surface area contributed by atoms with Crippen LogP contribution >= 0.6 is 0 Å². The van der Waals surface area contributed by atoms with Crippen molar-refractivity contribution in [2.45, 2.75) is 33.1 Å². The van der Waals surface area contributed by atoms with E-state index in [1.807, 2.05) is 6.07 Å². The predicted molar refractivity (Wildman–Crippen MR) is 242 cm³/mol. The maximum atomic E-state index is 6.68. The Balaban J connectivity index is 1.03. The molecule has 9 aromatic carbocycles. The molecule has 0 aliphatic heterocycles. The third kappa shape index (κ3) is 5.47. The van der Waals surface area contributed by atoms with Crippen molar-refractivity contribution in [1.29, 1.82) is 0 Å². The third-order valence-corrected chi connectivity index (χ3v) is 12.0. The molecule has 0 N–H and O–H groups in total. The topological polar surface area (TPSA) is 16.4 Å². The Hall–Kier alpha value is -6.90. The van der Waals surface area contributed by atoms with Crippen LogP contribution in [0, 0.1) is 6.92 Å². The molecule has 1 heterocycles. The lowest BCUT2D eigenvalue weighted by Gasteiger charge is -2.29. The Morgan fingerprint density at radius 2 is 1.00 bits per heavy atom. The Labute approximate surface area is 333 Å². The molecular formula is C55H41NO. The molecule has 0 fully saturated rings. The van der Waals surface area contributed by atoms with Crippen LogP contribution in [0.3, 0.4) is 0 Å². The summed E-state index contributed by atoms with van der Waals surface area (Å²) in [4.78, 5) is 2.39. The molecule has 0 atom stereocenters. The van der Waals surface area contributed by atoms with Crippen molar-refractivity contribution in [3.8, 4) is 44.5 Å². The number of fused-ring (bicyclic) bond motifs is 9. The molecule has 0 radical (unpaired) electrons. The first-order chi connectivity index (χ1) is 27.8. The zero-order valence-electron chi connectivity index (χ0n) is 32.6. The fraction of sp³-hybridized carbons (Fsp3) is 0.0909. The highest BCUT2D eigenvalue weighted by Gasteiger charge is 2.26. The molecule has 0 unspecified atom stereocenters. The fourth-order valence-corrected chi connectivity index (χ4v) is 8.87. The van der Waals surface area contributed by atoms with Crippen LogP contribution in [0.25, 0.3) is 88.0 Å². The molecule has 11 rings (SSSR count). The molecule has 1 aliphatic carbocycles. The Bertz CT molecular complexity index is 3220. The molecule has 10 aromatic rings. The SMILES string of the molecule is Cc1ccc(-c2ccccc2)cc1N(c1ccc2cc3c(cc2c1)-c1cc2ccc(-c4ccc(C(C)(C)C)cc4)cc2cc1-3)c1cccc2c1oc1ccccc12. The van der Waals surface area contributed by atoms with Crippen LogP contribution in [-0.2, 0) is 5.41 Å². The summed E-state index contributed by atoms with van der Waals surface area (Å²) in [5.41, 5.74) is 17.8. The van der Waals surface area contributed by atoms with Crippen molar-refractivity contribution in [2.24, 2.45) is 0 Å². The largest absolute Gasteiger partial charge is 0.454 e. The van der Waals surface area contributed by atoms with E-state index in [-0.39, 0.29) is 5.41 Å². The summed E-state index contributed by atoms with van der Waals surface area (Å²) in [6.45, 7) is 9.00. The Morgan fingerprint density at radius 1 is 0.421 bits per heavy atom. The van der Waals surface area contributed by atoms with Crippen molar-refractivity contribution >= 4 is 60.5 Å². The first-order valence-corrected chi connectivity index (χ1v) is 19.9. The van der Waals surface area contributed by atoms with E-state index in [9.17, 15) is 0 Å². The predicted octanol–water partition coefficient (Wildman–Crippen LogP) is 15.9. The number of rotatable bonds is 5. The Kier molecular flexibility index (Phi) is 7.37. The minimum atomic E-state index is 0.139. The number of hydrogen-bond donors (Lipinski definition) is 0. The van der Waals surface area contributed by atoms with Gasteiger partial charge in [0, 0.05) is 22.1 Å². The summed E-state index contributed by atoms with van der Waals surface area (Å²) in [6, 6.07) is 64.6. The molecule has 0 saturated carbocycles. The zero-order chi connectivity index (χ0) is 38.4. The second kappa shape index (κ2) is 12.6. The smallest absolute Gasteiger partial charge is 0.159 e. The maximum absolute atomic E-state index is 6.68. The summed E-state index contributed by atoms with van der Waals surface area (Å²) in [7, 11) is 0. The molecule has 0 spiro atoms. The van der Waals surface area contributed by atoms with Gasteiger partial charge in [-0.3, -0.25) is 0 Å². The van der Waals surface area contributed by atoms with E-state index in [1.54, 1.807) is 0 Å². The summed E-state index contributed by atoms with van der Waals surface area (Å²) in [5.74, 6) is 0. The van der Waals surface area contributed by atoms with Crippen LogP contribution in [0.5, 0.6) is 0 Å². The van der Waals surface area contributed by atoms with Crippen LogP contribution in [0.1, 0.15) is 31.9 Å². The standard InChI is InChI=1S/C55H41NO/c1-34-17-18-40(35-11-6-5-7-12-35)33-52(34)56(51-15-10-14-46-45-13-8-9-16-53(45)57-54(46)51)44-26-23-39-30-48-49-31-41-27-37(36-21-24-43(25-22-36)55(2,3)4)19-20-38(41)29-47(49)50(48)32-42(39)28-44/h5-33H,1-4H3. The number of anilines is 3.